The number of anilines is 2. The van der Waals surface area contributed by atoms with Crippen molar-refractivity contribution in [3.05, 3.63) is 65.4 Å². The summed E-state index contributed by atoms with van der Waals surface area (Å²) in [6.45, 7) is 7.45. The van der Waals surface area contributed by atoms with E-state index in [1.54, 1.807) is 0 Å². The molecule has 0 radical (unpaired) electrons. The van der Waals surface area contributed by atoms with Gasteiger partial charge >= 0.3 is 0 Å². The Balaban J connectivity index is 1.90. The second-order valence-corrected chi connectivity index (χ2v) is 6.36. The van der Waals surface area contributed by atoms with Crippen LogP contribution in [0.4, 0.5) is 11.4 Å². The van der Waals surface area contributed by atoms with Gasteiger partial charge in [0.1, 0.15) is 0 Å². The van der Waals surface area contributed by atoms with Crippen LogP contribution in [-0.4, -0.2) is 23.0 Å². The van der Waals surface area contributed by atoms with Crippen molar-refractivity contribution in [2.75, 3.05) is 24.6 Å². The van der Waals surface area contributed by atoms with E-state index >= 15 is 0 Å². The van der Waals surface area contributed by atoms with Crippen LogP contribution in [0, 0.1) is 0 Å². The molecule has 0 saturated heterocycles. The van der Waals surface area contributed by atoms with Gasteiger partial charge in [-0.3, -0.25) is 9.88 Å². The Morgan fingerprint density at radius 3 is 2.36 bits per heavy atom. The molecule has 1 heterocycles. The van der Waals surface area contributed by atoms with Gasteiger partial charge in [-0.1, -0.05) is 56.3 Å². The molecule has 4 heteroatoms. The van der Waals surface area contributed by atoms with E-state index in [1.807, 2.05) is 24.3 Å². The van der Waals surface area contributed by atoms with Crippen LogP contribution in [0.3, 0.4) is 0 Å². The number of para-hydroxylation sites is 1. The Kier molecular flexibility index (Phi) is 5.19. The highest BCUT2D eigenvalue weighted by Crippen LogP contribution is 2.29. The van der Waals surface area contributed by atoms with E-state index in [1.165, 1.54) is 11.1 Å². The van der Waals surface area contributed by atoms with Crippen LogP contribution >= 0.6 is 0 Å². The maximum atomic E-state index is 6.26. The number of fused-ring (bicyclic) bond motifs is 1. The Hall–Kier alpha value is -2.59. The molecule has 0 bridgehead atoms. The van der Waals surface area contributed by atoms with Gasteiger partial charge in [0, 0.05) is 18.4 Å². The first-order valence-electron chi connectivity index (χ1n) is 8.85. The fourth-order valence-electron chi connectivity index (χ4n) is 3.18. The van der Waals surface area contributed by atoms with E-state index in [-0.39, 0.29) is 0 Å². The zero-order chi connectivity index (χ0) is 17.8. The lowest BCUT2D eigenvalue weighted by atomic mass is 10.0. The molecular formula is C21H26N4. The van der Waals surface area contributed by atoms with E-state index in [0.29, 0.717) is 17.8 Å². The van der Waals surface area contributed by atoms with Crippen LogP contribution in [0.25, 0.3) is 10.9 Å². The molecule has 4 N–H and O–H groups in total. The number of pyridine rings is 1. The van der Waals surface area contributed by atoms with Crippen LogP contribution in [-0.2, 0) is 13.0 Å². The maximum absolute atomic E-state index is 6.26. The average Bonchev–Trinajstić information content (AvgIpc) is 2.64. The first-order chi connectivity index (χ1) is 12.1. The Morgan fingerprint density at radius 1 is 0.880 bits per heavy atom. The average molecular weight is 334 g/mol. The Bertz CT molecular complexity index is 869. The first-order valence-corrected chi connectivity index (χ1v) is 8.85. The van der Waals surface area contributed by atoms with Crippen LogP contribution in [0.5, 0.6) is 0 Å². The second kappa shape index (κ2) is 7.53. The quantitative estimate of drug-likeness (QED) is 0.719. The van der Waals surface area contributed by atoms with E-state index in [9.17, 15) is 0 Å². The minimum Gasteiger partial charge on any atom is -0.396 e. The van der Waals surface area contributed by atoms with Gasteiger partial charge in [0.15, 0.2) is 0 Å². The monoisotopic (exact) mass is 334 g/mol. The zero-order valence-electron chi connectivity index (χ0n) is 15.0. The fourth-order valence-corrected chi connectivity index (χ4v) is 3.18. The number of nitrogen functional groups attached to an aromatic ring is 2. The van der Waals surface area contributed by atoms with Crippen molar-refractivity contribution < 1.29 is 0 Å². The number of nitrogens with zero attached hydrogens (tertiary/aromatic N) is 2. The standard InChI is InChI=1S/C21H26N4/c1-3-25(4-2)14-16-9-7-8-15(12-16)13-19-21(23)20(22)17-10-5-6-11-18(17)24-19/h5-12H,3-4,13-14,23H2,1-2H3,(H2,22,24). The minimum atomic E-state index is 0.591. The minimum absolute atomic E-state index is 0.591. The molecule has 0 aliphatic rings. The molecule has 0 saturated carbocycles. The molecule has 2 aromatic carbocycles. The molecule has 130 valence electrons. The third kappa shape index (κ3) is 3.74. The maximum Gasteiger partial charge on any atom is 0.0777 e. The summed E-state index contributed by atoms with van der Waals surface area (Å²) in [7, 11) is 0. The molecule has 0 fully saturated rings. The van der Waals surface area contributed by atoms with Gasteiger partial charge in [0.25, 0.3) is 0 Å². The molecule has 3 aromatic rings. The largest absolute Gasteiger partial charge is 0.396 e. The molecule has 4 nitrogen and oxygen atoms in total. The highest BCUT2D eigenvalue weighted by atomic mass is 15.1. The van der Waals surface area contributed by atoms with Crippen molar-refractivity contribution in [3.8, 4) is 0 Å². The molecule has 0 amide bonds. The lowest BCUT2D eigenvalue weighted by molar-refractivity contribution is 0.296. The summed E-state index contributed by atoms with van der Waals surface area (Å²) in [5.41, 5.74) is 18.0. The van der Waals surface area contributed by atoms with Gasteiger partial charge in [-0.25, -0.2) is 0 Å². The third-order valence-electron chi connectivity index (χ3n) is 4.71. The molecule has 25 heavy (non-hydrogen) atoms. The van der Waals surface area contributed by atoms with Crippen LogP contribution in [0.1, 0.15) is 30.7 Å². The number of nitrogens with two attached hydrogens (primary N) is 2. The summed E-state index contributed by atoms with van der Waals surface area (Å²) < 4.78 is 0. The fraction of sp³-hybridized carbons (Fsp3) is 0.286. The van der Waals surface area contributed by atoms with Gasteiger partial charge in [0.05, 0.1) is 22.6 Å². The first kappa shape index (κ1) is 17.2. The molecule has 1 aromatic heterocycles. The Morgan fingerprint density at radius 2 is 1.60 bits per heavy atom. The summed E-state index contributed by atoms with van der Waals surface area (Å²) in [6.07, 6.45) is 0.687. The summed E-state index contributed by atoms with van der Waals surface area (Å²) >= 11 is 0. The van der Waals surface area contributed by atoms with Gasteiger partial charge in [-0.15, -0.1) is 0 Å². The summed E-state index contributed by atoms with van der Waals surface area (Å²) in [4.78, 5) is 7.14. The van der Waals surface area contributed by atoms with Crippen molar-refractivity contribution in [1.82, 2.24) is 9.88 Å². The number of benzene rings is 2. The van der Waals surface area contributed by atoms with Crippen LogP contribution in [0.2, 0.25) is 0 Å². The van der Waals surface area contributed by atoms with Crippen LogP contribution < -0.4 is 11.5 Å². The van der Waals surface area contributed by atoms with Crippen LogP contribution in [0.15, 0.2) is 48.5 Å². The Labute approximate surface area is 149 Å². The molecule has 0 spiro atoms. The van der Waals surface area contributed by atoms with E-state index in [0.717, 1.165) is 36.2 Å². The highest BCUT2D eigenvalue weighted by molar-refractivity contribution is 5.96. The SMILES string of the molecule is CCN(CC)Cc1cccc(Cc2nc3ccccc3c(N)c2N)c1. The third-order valence-corrected chi connectivity index (χ3v) is 4.71. The predicted molar refractivity (Wildman–Crippen MR) is 106 cm³/mol. The smallest absolute Gasteiger partial charge is 0.0777 e. The topological polar surface area (TPSA) is 68.2 Å². The zero-order valence-corrected chi connectivity index (χ0v) is 15.0. The predicted octanol–water partition coefficient (Wildman–Crippen LogP) is 3.83. The molecule has 0 aliphatic heterocycles. The molecular weight excluding hydrogens is 308 g/mol. The van der Waals surface area contributed by atoms with E-state index in [2.05, 4.69) is 43.0 Å². The highest BCUT2D eigenvalue weighted by Gasteiger charge is 2.11. The van der Waals surface area contributed by atoms with Gasteiger partial charge in [0.2, 0.25) is 0 Å². The summed E-state index contributed by atoms with van der Waals surface area (Å²) in [5.74, 6) is 0. The van der Waals surface area contributed by atoms with Gasteiger partial charge < -0.3 is 11.5 Å². The van der Waals surface area contributed by atoms with Crippen molar-refractivity contribution in [1.29, 1.82) is 0 Å². The lowest BCUT2D eigenvalue weighted by Gasteiger charge is -2.18. The second-order valence-electron chi connectivity index (χ2n) is 6.36. The number of hydrogen-bond acceptors (Lipinski definition) is 4. The van der Waals surface area contributed by atoms with E-state index in [4.69, 9.17) is 16.5 Å². The van der Waals surface area contributed by atoms with Crippen molar-refractivity contribution in [3.63, 3.8) is 0 Å². The molecule has 3 rings (SSSR count). The van der Waals surface area contributed by atoms with Crippen molar-refractivity contribution >= 4 is 22.3 Å². The number of rotatable bonds is 6. The molecule has 0 atom stereocenters. The normalized spacial score (nSPS) is 11.3. The summed E-state index contributed by atoms with van der Waals surface area (Å²) in [6, 6.07) is 16.5. The number of aromatic nitrogens is 1. The lowest BCUT2D eigenvalue weighted by Crippen LogP contribution is -2.22. The summed E-state index contributed by atoms with van der Waals surface area (Å²) in [5, 5.41) is 0.916. The van der Waals surface area contributed by atoms with E-state index < -0.39 is 0 Å². The van der Waals surface area contributed by atoms with Crippen molar-refractivity contribution in [2.45, 2.75) is 26.8 Å². The van der Waals surface area contributed by atoms with Gasteiger partial charge in [-0.2, -0.15) is 0 Å². The van der Waals surface area contributed by atoms with Gasteiger partial charge in [-0.05, 0) is 30.3 Å². The number of hydrogen-bond donors (Lipinski definition) is 2. The molecule has 0 unspecified atom stereocenters. The van der Waals surface area contributed by atoms with Crippen molar-refractivity contribution in [2.24, 2.45) is 0 Å². The molecule has 0 aliphatic carbocycles.